The molecule has 0 aromatic heterocycles. The minimum Gasteiger partial charge on any atom is -0.493 e. The van der Waals surface area contributed by atoms with Crippen LogP contribution in [-0.2, 0) is 13.0 Å². The van der Waals surface area contributed by atoms with Crippen molar-refractivity contribution in [2.24, 2.45) is 0 Å². The van der Waals surface area contributed by atoms with E-state index in [1.807, 2.05) is 6.92 Å². The highest BCUT2D eigenvalue weighted by atomic mass is 35.5. The Labute approximate surface area is 171 Å². The molecule has 0 spiro atoms. The van der Waals surface area contributed by atoms with Crippen LogP contribution in [0.1, 0.15) is 35.3 Å². The van der Waals surface area contributed by atoms with Crippen molar-refractivity contribution in [3.05, 3.63) is 58.1 Å². The third kappa shape index (κ3) is 4.59. The molecule has 1 heterocycles. The third-order valence-corrected chi connectivity index (χ3v) is 5.40. The Bertz CT molecular complexity index is 841. The second-order valence-electron chi connectivity index (χ2n) is 6.97. The number of nitrogens with zero attached hydrogens (tertiary/aromatic N) is 1. The summed E-state index contributed by atoms with van der Waals surface area (Å²) in [7, 11) is 1.53. The van der Waals surface area contributed by atoms with E-state index in [4.69, 9.17) is 21.1 Å². The van der Waals surface area contributed by atoms with E-state index in [-0.39, 0.29) is 11.9 Å². The Morgan fingerprint density at radius 3 is 2.75 bits per heavy atom. The quantitative estimate of drug-likeness (QED) is 0.762. The normalized spacial score (nSPS) is 14.9. The number of carbonyl (C=O) groups is 1. The number of rotatable bonds is 7. The first-order valence-corrected chi connectivity index (χ1v) is 10.0. The highest BCUT2D eigenvalue weighted by Crippen LogP contribution is 2.36. The van der Waals surface area contributed by atoms with Crippen LogP contribution in [0.4, 0.5) is 0 Å². The minimum atomic E-state index is -0.174. The molecule has 0 aliphatic carbocycles. The van der Waals surface area contributed by atoms with E-state index in [1.54, 1.807) is 12.1 Å². The fourth-order valence-corrected chi connectivity index (χ4v) is 3.77. The Morgan fingerprint density at radius 1 is 1.29 bits per heavy atom. The van der Waals surface area contributed by atoms with Crippen LogP contribution in [-0.4, -0.2) is 43.7 Å². The van der Waals surface area contributed by atoms with Gasteiger partial charge in [-0.3, -0.25) is 9.69 Å². The SMILES string of the molecule is CCOc1c(Cl)cc(C(=O)NCC(C)N2CCc3ccccc3C2)cc1OC. The zero-order valence-electron chi connectivity index (χ0n) is 16.6. The van der Waals surface area contributed by atoms with Gasteiger partial charge in [-0.2, -0.15) is 0 Å². The first-order chi connectivity index (χ1) is 13.5. The summed E-state index contributed by atoms with van der Waals surface area (Å²) in [5, 5.41) is 3.38. The Balaban J connectivity index is 1.62. The van der Waals surface area contributed by atoms with Crippen molar-refractivity contribution in [3.63, 3.8) is 0 Å². The van der Waals surface area contributed by atoms with Crippen molar-refractivity contribution < 1.29 is 14.3 Å². The van der Waals surface area contributed by atoms with Crippen LogP contribution in [0.2, 0.25) is 5.02 Å². The Morgan fingerprint density at radius 2 is 2.04 bits per heavy atom. The summed E-state index contributed by atoms with van der Waals surface area (Å²) in [4.78, 5) is 15.0. The summed E-state index contributed by atoms with van der Waals surface area (Å²) in [5.41, 5.74) is 3.25. The van der Waals surface area contributed by atoms with E-state index in [2.05, 4.69) is 41.4 Å². The van der Waals surface area contributed by atoms with Gasteiger partial charge in [-0.05, 0) is 43.5 Å². The lowest BCUT2D eigenvalue weighted by molar-refractivity contribution is 0.0932. The van der Waals surface area contributed by atoms with E-state index in [0.29, 0.717) is 35.2 Å². The maximum absolute atomic E-state index is 12.6. The molecule has 150 valence electrons. The smallest absolute Gasteiger partial charge is 0.251 e. The van der Waals surface area contributed by atoms with Crippen LogP contribution in [0.5, 0.6) is 11.5 Å². The van der Waals surface area contributed by atoms with Gasteiger partial charge >= 0.3 is 0 Å². The lowest BCUT2D eigenvalue weighted by atomic mass is 9.99. The van der Waals surface area contributed by atoms with Crippen LogP contribution in [0.25, 0.3) is 0 Å². The maximum atomic E-state index is 12.6. The second-order valence-corrected chi connectivity index (χ2v) is 7.38. The summed E-state index contributed by atoms with van der Waals surface area (Å²) >= 11 is 6.28. The molecule has 2 aromatic rings. The second kappa shape index (κ2) is 9.30. The molecule has 0 saturated heterocycles. The highest BCUT2D eigenvalue weighted by Gasteiger charge is 2.21. The zero-order valence-corrected chi connectivity index (χ0v) is 17.4. The first-order valence-electron chi connectivity index (χ1n) is 9.62. The minimum absolute atomic E-state index is 0.174. The topological polar surface area (TPSA) is 50.8 Å². The molecule has 1 aliphatic heterocycles. The van der Waals surface area contributed by atoms with Gasteiger partial charge in [0, 0.05) is 31.2 Å². The van der Waals surface area contributed by atoms with Crippen LogP contribution in [0, 0.1) is 0 Å². The molecule has 0 saturated carbocycles. The van der Waals surface area contributed by atoms with Crippen molar-refractivity contribution in [3.8, 4) is 11.5 Å². The molecule has 1 N–H and O–H groups in total. The predicted molar refractivity (Wildman–Crippen MR) is 112 cm³/mol. The van der Waals surface area contributed by atoms with Gasteiger partial charge in [0.2, 0.25) is 0 Å². The van der Waals surface area contributed by atoms with Gasteiger partial charge in [0.1, 0.15) is 0 Å². The number of carbonyl (C=O) groups excluding carboxylic acids is 1. The molecule has 28 heavy (non-hydrogen) atoms. The number of methoxy groups -OCH3 is 1. The third-order valence-electron chi connectivity index (χ3n) is 5.12. The standard InChI is InChI=1S/C22H27ClN2O3/c1-4-28-21-19(23)11-18(12-20(21)27-3)22(26)24-13-15(2)25-10-9-16-7-5-6-8-17(16)14-25/h5-8,11-12,15H,4,9-10,13-14H2,1-3H3,(H,24,26). The molecule has 6 heteroatoms. The Hall–Kier alpha value is -2.24. The molecular weight excluding hydrogens is 376 g/mol. The van der Waals surface area contributed by atoms with Crippen molar-refractivity contribution in [2.75, 3.05) is 26.8 Å². The highest BCUT2D eigenvalue weighted by molar-refractivity contribution is 6.32. The summed E-state index contributed by atoms with van der Waals surface area (Å²) in [6, 6.07) is 12.1. The van der Waals surface area contributed by atoms with Gasteiger partial charge in [0.05, 0.1) is 18.7 Å². The number of hydrogen-bond acceptors (Lipinski definition) is 4. The summed E-state index contributed by atoms with van der Waals surface area (Å²) < 4.78 is 10.8. The number of nitrogens with one attached hydrogen (secondary N) is 1. The molecule has 1 aliphatic rings. The van der Waals surface area contributed by atoms with Gasteiger partial charge in [0.25, 0.3) is 5.91 Å². The molecule has 0 fully saturated rings. The molecule has 0 radical (unpaired) electrons. The van der Waals surface area contributed by atoms with E-state index >= 15 is 0 Å². The van der Waals surface area contributed by atoms with E-state index in [1.165, 1.54) is 18.2 Å². The lowest BCUT2D eigenvalue weighted by Crippen LogP contribution is -2.44. The summed E-state index contributed by atoms with van der Waals surface area (Å²) in [6.45, 7) is 6.95. The number of ether oxygens (including phenoxy) is 2. The van der Waals surface area contributed by atoms with E-state index < -0.39 is 0 Å². The van der Waals surface area contributed by atoms with E-state index in [9.17, 15) is 4.79 Å². The fraction of sp³-hybridized carbons (Fsp3) is 0.409. The number of hydrogen-bond donors (Lipinski definition) is 1. The van der Waals surface area contributed by atoms with Gasteiger partial charge in [0.15, 0.2) is 11.5 Å². The molecule has 5 nitrogen and oxygen atoms in total. The van der Waals surface area contributed by atoms with Gasteiger partial charge in [-0.15, -0.1) is 0 Å². The number of benzene rings is 2. The van der Waals surface area contributed by atoms with E-state index in [0.717, 1.165) is 19.5 Å². The zero-order chi connectivity index (χ0) is 20.1. The molecule has 3 rings (SSSR count). The van der Waals surface area contributed by atoms with Gasteiger partial charge in [-0.1, -0.05) is 35.9 Å². The first kappa shape index (κ1) is 20.5. The predicted octanol–water partition coefficient (Wildman–Crippen LogP) is 3.92. The number of fused-ring (bicyclic) bond motifs is 1. The maximum Gasteiger partial charge on any atom is 0.251 e. The summed E-state index contributed by atoms with van der Waals surface area (Å²) in [5.74, 6) is 0.747. The van der Waals surface area contributed by atoms with Crippen molar-refractivity contribution >= 4 is 17.5 Å². The molecule has 1 unspecified atom stereocenters. The summed E-state index contributed by atoms with van der Waals surface area (Å²) in [6.07, 6.45) is 1.04. The van der Waals surface area contributed by atoms with Crippen molar-refractivity contribution in [1.29, 1.82) is 0 Å². The van der Waals surface area contributed by atoms with Crippen molar-refractivity contribution in [1.82, 2.24) is 10.2 Å². The van der Waals surface area contributed by atoms with Crippen molar-refractivity contribution in [2.45, 2.75) is 32.9 Å². The van der Waals surface area contributed by atoms with Crippen LogP contribution < -0.4 is 14.8 Å². The molecule has 1 atom stereocenters. The van der Waals surface area contributed by atoms with Crippen LogP contribution in [0.3, 0.4) is 0 Å². The fourth-order valence-electron chi connectivity index (χ4n) is 3.50. The van der Waals surface area contributed by atoms with Crippen LogP contribution >= 0.6 is 11.6 Å². The average Bonchev–Trinajstić information content (AvgIpc) is 2.72. The largest absolute Gasteiger partial charge is 0.493 e. The molecular formula is C22H27ClN2O3. The van der Waals surface area contributed by atoms with Crippen LogP contribution in [0.15, 0.2) is 36.4 Å². The van der Waals surface area contributed by atoms with Gasteiger partial charge in [-0.25, -0.2) is 0 Å². The average molecular weight is 403 g/mol. The Kier molecular flexibility index (Phi) is 6.81. The molecule has 2 aromatic carbocycles. The number of halogens is 1. The van der Waals surface area contributed by atoms with Gasteiger partial charge < -0.3 is 14.8 Å². The molecule has 1 amide bonds. The number of amides is 1. The molecule has 0 bridgehead atoms. The lowest BCUT2D eigenvalue weighted by Gasteiger charge is -2.33. The monoisotopic (exact) mass is 402 g/mol.